The molecule has 8 unspecified atom stereocenters. The zero-order chi connectivity index (χ0) is 67.1. The minimum Gasteiger partial charge on any atom is -0.354 e. The Bertz CT molecular complexity index is 1930. The van der Waals surface area contributed by atoms with Crippen LogP contribution in [0.2, 0.25) is 0 Å². The van der Waals surface area contributed by atoms with Gasteiger partial charge in [-0.15, -0.1) is 39.5 Å². The van der Waals surface area contributed by atoms with Crippen molar-refractivity contribution in [2.45, 2.75) is 284 Å². The van der Waals surface area contributed by atoms with Crippen LogP contribution in [0.1, 0.15) is 248 Å². The monoisotopic (exact) mass is 1210 g/mol. The molecule has 0 aromatic heterocycles. The summed E-state index contributed by atoms with van der Waals surface area (Å²) in [5, 5.41) is 17.8. The van der Waals surface area contributed by atoms with E-state index in [0.717, 1.165) is 87.9 Å². The lowest BCUT2D eigenvalue weighted by atomic mass is 9.78. The summed E-state index contributed by atoms with van der Waals surface area (Å²) in [5.74, 6) is 5.17. The third kappa shape index (κ3) is 45.5. The Morgan fingerprint density at radius 3 is 0.953 bits per heavy atom. The lowest BCUT2D eigenvalue weighted by molar-refractivity contribution is -0.129. The van der Waals surface area contributed by atoms with Crippen molar-refractivity contribution < 1.29 is 28.8 Å². The van der Waals surface area contributed by atoms with Gasteiger partial charge in [-0.2, -0.15) is 0 Å². The summed E-state index contributed by atoms with van der Waals surface area (Å²) in [7, 11) is 0. The Morgan fingerprint density at radius 2 is 0.698 bits per heavy atom. The minimum absolute atomic E-state index is 0.00678. The Kier molecular flexibility index (Phi) is 46.1. The van der Waals surface area contributed by atoms with Crippen molar-refractivity contribution in [1.82, 2.24) is 31.9 Å². The fraction of sp³-hybridized carbons (Fsp3) is 0.757. The highest BCUT2D eigenvalue weighted by Gasteiger charge is 2.36. The molecule has 498 valence electrons. The third-order valence-electron chi connectivity index (χ3n) is 15.1. The molecular weight excluding hydrogens is 1070 g/mol. The number of hydrogen-bond acceptors (Lipinski definition) is 6. The van der Waals surface area contributed by atoms with Gasteiger partial charge < -0.3 is 31.9 Å². The normalized spacial score (nSPS) is 17.3. The molecule has 0 saturated heterocycles. The van der Waals surface area contributed by atoms with E-state index in [0.29, 0.717) is 5.92 Å². The molecule has 3 aliphatic carbocycles. The van der Waals surface area contributed by atoms with Gasteiger partial charge in [-0.3, -0.25) is 28.8 Å². The van der Waals surface area contributed by atoms with Gasteiger partial charge in [0.1, 0.15) is 0 Å². The van der Waals surface area contributed by atoms with E-state index in [1.807, 2.05) is 120 Å². The lowest BCUT2D eigenvalue weighted by Crippen LogP contribution is -2.40. The summed E-state index contributed by atoms with van der Waals surface area (Å²) in [4.78, 5) is 70.8. The number of allylic oxidation sites excluding steroid dienone is 6. The van der Waals surface area contributed by atoms with Gasteiger partial charge in [0.25, 0.3) is 0 Å². The number of hydrogen-bond donors (Lipinski definition) is 6. The van der Waals surface area contributed by atoms with Gasteiger partial charge >= 0.3 is 0 Å². The standard InChI is InChI=1S/2C13H23NO.C13H25NO.C12H21NO.C12H23NO.C11H21NO/c1-5-6-11(8-12-7-10(12)4)13(15)14-9(2)3;1-4-6-12(9-11-7-5-8-11)13(15)14-10(2)3;1-7-8-11(9-13(4,5)6)12(15)14-10(2)3;1-4-5-11(8-10-6-7-10)12(14)13-9(2)3;1-7-8-10(12(4,5)6)11(14)13-9(2)3;1-6-7-10(8(2)3)11(13)12-9(4)5/h5,9-12H,1,6-8H2,2-4H3,(H,14,15);4,10-12H,1,5-9H2,2-3H3,(H,14,15);7,10-11H,1,8-9H2,2-6H3,(H,14,15);4,9-11H,1,5-8H2,2-3H3,(H,13,14);7,9-10H,1,8H2,2-6H3,(H,13,14);6,8-10H,1,7H2,2-5H3,(H,12,13). The highest BCUT2D eigenvalue weighted by molar-refractivity contribution is 5.81. The van der Waals surface area contributed by atoms with Crippen LogP contribution in [0.5, 0.6) is 0 Å². The maximum absolute atomic E-state index is 11.9. The molecule has 0 aromatic rings. The van der Waals surface area contributed by atoms with E-state index in [-0.39, 0.29) is 118 Å². The van der Waals surface area contributed by atoms with Gasteiger partial charge in [-0.25, -0.2) is 0 Å². The number of rotatable bonds is 32. The topological polar surface area (TPSA) is 175 Å². The summed E-state index contributed by atoms with van der Waals surface area (Å²) in [6.07, 6.45) is 27.6. The van der Waals surface area contributed by atoms with Gasteiger partial charge in [0.15, 0.2) is 0 Å². The van der Waals surface area contributed by atoms with Gasteiger partial charge in [-0.1, -0.05) is 131 Å². The van der Waals surface area contributed by atoms with Crippen LogP contribution in [0.15, 0.2) is 75.9 Å². The number of amides is 6. The van der Waals surface area contributed by atoms with Crippen molar-refractivity contribution in [3.8, 4) is 0 Å². The maximum atomic E-state index is 11.9. The Hall–Kier alpha value is -4.74. The van der Waals surface area contributed by atoms with E-state index >= 15 is 0 Å². The predicted octanol–water partition coefficient (Wildman–Crippen LogP) is 16.4. The van der Waals surface area contributed by atoms with Crippen molar-refractivity contribution in [3.63, 3.8) is 0 Å². The first-order valence-electron chi connectivity index (χ1n) is 33.3. The summed E-state index contributed by atoms with van der Waals surface area (Å²) < 4.78 is 0. The van der Waals surface area contributed by atoms with Crippen LogP contribution in [0, 0.1) is 75.9 Å². The second kappa shape index (κ2) is 46.4. The van der Waals surface area contributed by atoms with Crippen LogP contribution in [-0.4, -0.2) is 71.7 Å². The lowest BCUT2D eigenvalue weighted by Gasteiger charge is -2.29. The third-order valence-corrected chi connectivity index (χ3v) is 15.1. The molecule has 0 radical (unpaired) electrons. The van der Waals surface area contributed by atoms with Crippen LogP contribution in [-0.2, 0) is 28.8 Å². The average molecular weight is 1210 g/mol. The second-order valence-electron chi connectivity index (χ2n) is 29.4. The van der Waals surface area contributed by atoms with E-state index in [1.54, 1.807) is 0 Å². The van der Waals surface area contributed by atoms with Gasteiger partial charge in [0, 0.05) is 71.8 Å². The van der Waals surface area contributed by atoms with Crippen LogP contribution < -0.4 is 31.9 Å². The van der Waals surface area contributed by atoms with E-state index in [2.05, 4.69) is 134 Å². The van der Waals surface area contributed by atoms with Crippen LogP contribution in [0.25, 0.3) is 0 Å². The maximum Gasteiger partial charge on any atom is 0.224 e. The number of carbonyl (C=O) groups is 6. The fourth-order valence-electron chi connectivity index (χ4n) is 10.0. The van der Waals surface area contributed by atoms with Crippen LogP contribution in [0.3, 0.4) is 0 Å². The molecule has 0 bridgehead atoms. The molecule has 3 saturated carbocycles. The molecule has 6 N–H and O–H groups in total. The van der Waals surface area contributed by atoms with E-state index in [9.17, 15) is 28.8 Å². The summed E-state index contributed by atoms with van der Waals surface area (Å²) >= 11 is 0. The average Bonchev–Trinajstić information content (AvgIpc) is 4.49. The fourth-order valence-corrected chi connectivity index (χ4v) is 10.0. The molecule has 86 heavy (non-hydrogen) atoms. The van der Waals surface area contributed by atoms with Crippen molar-refractivity contribution >= 4 is 35.4 Å². The van der Waals surface area contributed by atoms with E-state index in [4.69, 9.17) is 0 Å². The molecule has 0 aromatic carbocycles. The molecular formula is C74H136N6O6. The largest absolute Gasteiger partial charge is 0.354 e. The molecule has 0 heterocycles. The molecule has 0 aliphatic heterocycles. The molecule has 0 spiro atoms. The van der Waals surface area contributed by atoms with Crippen molar-refractivity contribution in [2.24, 2.45) is 75.9 Å². The molecule has 3 fully saturated rings. The summed E-state index contributed by atoms with van der Waals surface area (Å²) in [5.41, 5.74) is 0.176. The quantitative estimate of drug-likeness (QED) is 0.0366. The molecule has 8 atom stereocenters. The summed E-state index contributed by atoms with van der Waals surface area (Å²) in [6, 6.07) is 1.36. The zero-order valence-electron chi connectivity index (χ0n) is 59.3. The minimum atomic E-state index is -0.00678. The van der Waals surface area contributed by atoms with Crippen molar-refractivity contribution in [1.29, 1.82) is 0 Å². The first-order valence-corrected chi connectivity index (χ1v) is 33.3. The Balaban J connectivity index is -0.000000962. The van der Waals surface area contributed by atoms with E-state index < -0.39 is 0 Å². The molecule has 3 aliphatic rings. The molecule has 6 amide bonds. The smallest absolute Gasteiger partial charge is 0.224 e. The number of nitrogens with one attached hydrogen (secondary N) is 6. The van der Waals surface area contributed by atoms with Crippen LogP contribution in [0.4, 0.5) is 0 Å². The SMILES string of the molecule is C=CCC(C(=O)NC(C)C)C(C)(C)C.C=CCC(C(=O)NC(C)C)C(C)C.C=CCC(CC(C)(C)C)C(=O)NC(C)C.C=CCC(CC1CC1)C(=O)NC(C)C.C=CCC(CC1CC1C)C(=O)NC(C)C.C=CCC(CC1CCC1)C(=O)NC(C)C. The zero-order valence-corrected chi connectivity index (χ0v) is 59.3. The molecule has 12 nitrogen and oxygen atoms in total. The van der Waals surface area contributed by atoms with Gasteiger partial charge in [0.2, 0.25) is 35.4 Å². The molecule has 12 heteroatoms. The van der Waals surface area contributed by atoms with Gasteiger partial charge in [-0.05, 0) is 194 Å². The van der Waals surface area contributed by atoms with Crippen molar-refractivity contribution in [3.05, 3.63) is 75.9 Å². The van der Waals surface area contributed by atoms with Crippen LogP contribution >= 0.6 is 0 Å². The first kappa shape index (κ1) is 85.5. The van der Waals surface area contributed by atoms with Gasteiger partial charge in [0.05, 0.1) is 0 Å². The Labute approximate surface area is 530 Å². The van der Waals surface area contributed by atoms with E-state index in [1.165, 1.54) is 38.5 Å². The second-order valence-corrected chi connectivity index (χ2v) is 29.4. The highest BCUT2D eigenvalue weighted by atomic mass is 16.2. The molecule has 3 rings (SSSR count). The van der Waals surface area contributed by atoms with Crippen molar-refractivity contribution in [2.75, 3.05) is 0 Å². The highest BCUT2D eigenvalue weighted by Crippen LogP contribution is 2.43. The number of carbonyl (C=O) groups excluding carboxylic acids is 6. The Morgan fingerprint density at radius 1 is 0.407 bits per heavy atom. The first-order chi connectivity index (χ1) is 39.8. The predicted molar refractivity (Wildman–Crippen MR) is 369 cm³/mol. The summed E-state index contributed by atoms with van der Waals surface area (Å²) in [6.45, 7) is 65.3.